The van der Waals surface area contributed by atoms with E-state index in [0.717, 1.165) is 21.6 Å². The zero-order valence-electron chi connectivity index (χ0n) is 9.67. The van der Waals surface area contributed by atoms with Crippen LogP contribution in [0.25, 0.3) is 11.4 Å². The van der Waals surface area contributed by atoms with Crippen LogP contribution in [0.1, 0.15) is 5.69 Å². The van der Waals surface area contributed by atoms with Crippen LogP contribution in [-0.2, 0) is 13.6 Å². The normalized spacial score (nSPS) is 10.8. The average molecular weight is 315 g/mol. The Morgan fingerprint density at radius 3 is 2.59 bits per heavy atom. The molecule has 5 heteroatoms. The van der Waals surface area contributed by atoms with Gasteiger partial charge in [0.15, 0.2) is 0 Å². The summed E-state index contributed by atoms with van der Waals surface area (Å²) in [4.78, 5) is 4.55. The Bertz CT molecular complexity index is 519. The van der Waals surface area contributed by atoms with E-state index in [1.54, 1.807) is 0 Å². The number of hydrogen-bond acceptors (Lipinski definition) is 2. The number of nitrogens with zero attached hydrogens (tertiary/aromatic N) is 2. The van der Waals surface area contributed by atoms with Crippen molar-refractivity contribution < 1.29 is 0 Å². The van der Waals surface area contributed by atoms with Crippen LogP contribution in [0, 0.1) is 0 Å². The van der Waals surface area contributed by atoms with Gasteiger partial charge in [0.2, 0.25) is 0 Å². The van der Waals surface area contributed by atoms with Crippen molar-refractivity contribution in [1.82, 2.24) is 14.9 Å². The quantitative estimate of drug-likeness (QED) is 0.942. The van der Waals surface area contributed by atoms with E-state index in [1.807, 2.05) is 42.9 Å². The summed E-state index contributed by atoms with van der Waals surface area (Å²) in [5.74, 6) is 0.882. The number of halogens is 2. The third-order valence-electron chi connectivity index (χ3n) is 2.54. The molecule has 0 radical (unpaired) electrons. The van der Waals surface area contributed by atoms with E-state index in [4.69, 9.17) is 11.6 Å². The minimum Gasteiger partial charge on any atom is -0.318 e. The lowest BCUT2D eigenvalue weighted by Gasteiger charge is -2.02. The molecule has 2 rings (SSSR count). The zero-order valence-corrected chi connectivity index (χ0v) is 12.0. The van der Waals surface area contributed by atoms with Crippen LogP contribution in [0.2, 0.25) is 5.15 Å². The van der Waals surface area contributed by atoms with Crippen molar-refractivity contribution in [2.75, 3.05) is 7.05 Å². The maximum atomic E-state index is 6.23. The standard InChI is InChI=1S/C12H13BrClN3/c1-15-7-10-11(14)17(2)12(16-10)8-3-5-9(13)6-4-8/h3-6,15H,7H2,1-2H3. The highest BCUT2D eigenvalue weighted by Gasteiger charge is 2.13. The summed E-state index contributed by atoms with van der Waals surface area (Å²) in [7, 11) is 3.80. The Morgan fingerprint density at radius 2 is 2.00 bits per heavy atom. The van der Waals surface area contributed by atoms with Gasteiger partial charge in [-0.2, -0.15) is 0 Å². The molecule has 17 heavy (non-hydrogen) atoms. The van der Waals surface area contributed by atoms with Crippen molar-refractivity contribution in [3.63, 3.8) is 0 Å². The minimum atomic E-state index is 0.670. The van der Waals surface area contributed by atoms with Crippen LogP contribution in [0.15, 0.2) is 28.7 Å². The van der Waals surface area contributed by atoms with Gasteiger partial charge in [0.05, 0.1) is 5.69 Å². The zero-order chi connectivity index (χ0) is 12.4. The maximum absolute atomic E-state index is 6.23. The second-order valence-electron chi connectivity index (χ2n) is 3.77. The molecule has 1 N–H and O–H groups in total. The molecule has 2 aromatic rings. The number of hydrogen-bond donors (Lipinski definition) is 1. The number of imidazole rings is 1. The first-order valence-corrected chi connectivity index (χ1v) is 6.42. The van der Waals surface area contributed by atoms with Crippen LogP contribution in [0.4, 0.5) is 0 Å². The molecule has 0 aliphatic carbocycles. The molecule has 0 amide bonds. The predicted octanol–water partition coefficient (Wildman–Crippen LogP) is 3.22. The van der Waals surface area contributed by atoms with E-state index in [0.29, 0.717) is 11.7 Å². The molecule has 0 unspecified atom stereocenters. The fourth-order valence-electron chi connectivity index (χ4n) is 1.67. The highest BCUT2D eigenvalue weighted by atomic mass is 79.9. The van der Waals surface area contributed by atoms with Gasteiger partial charge in [0.25, 0.3) is 0 Å². The van der Waals surface area contributed by atoms with E-state index in [2.05, 4.69) is 26.2 Å². The summed E-state index contributed by atoms with van der Waals surface area (Å²) in [5.41, 5.74) is 1.93. The molecular formula is C12H13BrClN3. The molecule has 0 saturated heterocycles. The van der Waals surface area contributed by atoms with Crippen molar-refractivity contribution in [2.24, 2.45) is 7.05 Å². The molecule has 1 aromatic carbocycles. The van der Waals surface area contributed by atoms with Crippen LogP contribution in [0.3, 0.4) is 0 Å². The topological polar surface area (TPSA) is 29.9 Å². The minimum absolute atomic E-state index is 0.670. The molecule has 0 bridgehead atoms. The molecule has 0 spiro atoms. The third-order valence-corrected chi connectivity index (χ3v) is 3.54. The lowest BCUT2D eigenvalue weighted by Crippen LogP contribution is -2.05. The molecule has 1 aromatic heterocycles. The summed E-state index contributed by atoms with van der Waals surface area (Å²) in [6.45, 7) is 0.670. The fraction of sp³-hybridized carbons (Fsp3) is 0.250. The van der Waals surface area contributed by atoms with E-state index in [-0.39, 0.29) is 0 Å². The maximum Gasteiger partial charge on any atom is 0.141 e. The molecule has 0 saturated carbocycles. The van der Waals surface area contributed by atoms with Crippen LogP contribution < -0.4 is 5.32 Å². The summed E-state index contributed by atoms with van der Waals surface area (Å²) in [6, 6.07) is 8.03. The Kier molecular flexibility index (Phi) is 3.86. The summed E-state index contributed by atoms with van der Waals surface area (Å²) < 4.78 is 2.95. The molecule has 0 aliphatic heterocycles. The lowest BCUT2D eigenvalue weighted by atomic mass is 10.2. The molecule has 0 fully saturated rings. The molecule has 0 aliphatic rings. The first kappa shape index (κ1) is 12.6. The van der Waals surface area contributed by atoms with Crippen LogP contribution in [-0.4, -0.2) is 16.6 Å². The van der Waals surface area contributed by atoms with E-state index >= 15 is 0 Å². The van der Waals surface area contributed by atoms with Crippen molar-refractivity contribution in [2.45, 2.75) is 6.54 Å². The average Bonchev–Trinajstić information content (AvgIpc) is 2.59. The number of aromatic nitrogens is 2. The van der Waals surface area contributed by atoms with Crippen molar-refractivity contribution >= 4 is 27.5 Å². The SMILES string of the molecule is CNCc1nc(-c2ccc(Br)cc2)n(C)c1Cl. The largest absolute Gasteiger partial charge is 0.318 e. The summed E-state index contributed by atoms with van der Waals surface area (Å²) >= 11 is 9.64. The fourth-order valence-corrected chi connectivity index (χ4v) is 2.13. The van der Waals surface area contributed by atoms with Gasteiger partial charge in [0.1, 0.15) is 11.0 Å². The predicted molar refractivity (Wildman–Crippen MR) is 74.1 cm³/mol. The Morgan fingerprint density at radius 1 is 1.35 bits per heavy atom. The second-order valence-corrected chi connectivity index (χ2v) is 5.04. The Labute approximate surface area is 114 Å². The van der Waals surface area contributed by atoms with Gasteiger partial charge < -0.3 is 9.88 Å². The Balaban J connectivity index is 2.45. The molecule has 3 nitrogen and oxygen atoms in total. The lowest BCUT2D eigenvalue weighted by molar-refractivity contribution is 0.795. The van der Waals surface area contributed by atoms with Crippen LogP contribution in [0.5, 0.6) is 0 Å². The number of nitrogens with one attached hydrogen (secondary N) is 1. The molecule has 0 atom stereocenters. The van der Waals surface area contributed by atoms with Gasteiger partial charge in [-0.3, -0.25) is 0 Å². The third kappa shape index (κ3) is 2.54. The van der Waals surface area contributed by atoms with Crippen molar-refractivity contribution in [3.8, 4) is 11.4 Å². The summed E-state index contributed by atoms with van der Waals surface area (Å²) in [6.07, 6.45) is 0. The highest BCUT2D eigenvalue weighted by molar-refractivity contribution is 9.10. The van der Waals surface area contributed by atoms with Crippen molar-refractivity contribution in [1.29, 1.82) is 0 Å². The first-order valence-electron chi connectivity index (χ1n) is 5.25. The van der Waals surface area contributed by atoms with Gasteiger partial charge in [-0.25, -0.2) is 4.98 Å². The monoisotopic (exact) mass is 313 g/mol. The van der Waals surface area contributed by atoms with Gasteiger partial charge in [-0.1, -0.05) is 39.7 Å². The van der Waals surface area contributed by atoms with E-state index in [1.165, 1.54) is 0 Å². The van der Waals surface area contributed by atoms with Crippen molar-refractivity contribution in [3.05, 3.63) is 39.6 Å². The van der Waals surface area contributed by atoms with Gasteiger partial charge in [-0.05, 0) is 19.2 Å². The second kappa shape index (κ2) is 5.21. The van der Waals surface area contributed by atoms with E-state index < -0.39 is 0 Å². The smallest absolute Gasteiger partial charge is 0.141 e. The highest BCUT2D eigenvalue weighted by Crippen LogP contribution is 2.25. The van der Waals surface area contributed by atoms with Gasteiger partial charge >= 0.3 is 0 Å². The number of benzene rings is 1. The molecular weight excluding hydrogens is 302 g/mol. The Hall–Kier alpha value is -0.840. The molecule has 90 valence electrons. The van der Waals surface area contributed by atoms with Gasteiger partial charge in [-0.15, -0.1) is 0 Å². The molecule has 1 heterocycles. The summed E-state index contributed by atoms with van der Waals surface area (Å²) in [5, 5.41) is 3.74. The van der Waals surface area contributed by atoms with Gasteiger partial charge in [0, 0.05) is 23.6 Å². The van der Waals surface area contributed by atoms with Crippen LogP contribution >= 0.6 is 27.5 Å². The number of rotatable bonds is 3. The first-order chi connectivity index (χ1) is 8.13. The van der Waals surface area contributed by atoms with E-state index in [9.17, 15) is 0 Å².